The van der Waals surface area contributed by atoms with Crippen LogP contribution in [0.1, 0.15) is 15.9 Å². The number of methoxy groups -OCH3 is 2. The van der Waals surface area contributed by atoms with Gasteiger partial charge in [-0.15, -0.1) is 0 Å². The molecular formula is C17H14N2O7. The lowest BCUT2D eigenvalue weighted by atomic mass is 10.1. The third-order valence-electron chi connectivity index (χ3n) is 3.51. The molecule has 9 nitrogen and oxygen atoms in total. The highest BCUT2D eigenvalue weighted by molar-refractivity contribution is 6.07. The van der Waals surface area contributed by atoms with E-state index in [1.54, 1.807) is 0 Å². The standard InChI is InChI=1S/C17H14N2O7/c1-25-16-9-12(14(19(23)24)10-17(16)26-2)5-8-15(20)11-3-6-13(7-4-11)18(21)22/h3-10H,1-2H3/b8-5+. The van der Waals surface area contributed by atoms with Crippen molar-refractivity contribution in [3.63, 3.8) is 0 Å². The molecule has 0 aliphatic rings. The molecule has 0 saturated carbocycles. The van der Waals surface area contributed by atoms with Gasteiger partial charge in [0.15, 0.2) is 17.3 Å². The third kappa shape index (κ3) is 4.01. The Labute approximate surface area is 147 Å². The minimum Gasteiger partial charge on any atom is -0.493 e. The Morgan fingerprint density at radius 1 is 0.962 bits per heavy atom. The van der Waals surface area contributed by atoms with Gasteiger partial charge in [0.1, 0.15) is 0 Å². The Balaban J connectivity index is 2.35. The van der Waals surface area contributed by atoms with E-state index in [1.165, 1.54) is 56.7 Å². The molecular weight excluding hydrogens is 344 g/mol. The van der Waals surface area contributed by atoms with Crippen molar-refractivity contribution in [3.05, 3.63) is 73.8 Å². The van der Waals surface area contributed by atoms with Gasteiger partial charge in [-0.2, -0.15) is 0 Å². The van der Waals surface area contributed by atoms with E-state index in [0.29, 0.717) is 0 Å². The first-order valence-electron chi connectivity index (χ1n) is 7.24. The maximum Gasteiger partial charge on any atom is 0.280 e. The second-order valence-corrected chi connectivity index (χ2v) is 5.02. The summed E-state index contributed by atoms with van der Waals surface area (Å²) in [5.74, 6) is 0.0163. The summed E-state index contributed by atoms with van der Waals surface area (Å²) in [5.41, 5.74) is -0.0191. The molecule has 26 heavy (non-hydrogen) atoms. The molecule has 0 fully saturated rings. The molecule has 2 aromatic carbocycles. The largest absolute Gasteiger partial charge is 0.493 e. The van der Waals surface area contributed by atoms with Crippen molar-refractivity contribution in [1.82, 2.24) is 0 Å². The van der Waals surface area contributed by atoms with Crippen LogP contribution < -0.4 is 9.47 Å². The molecule has 0 heterocycles. The number of hydrogen-bond donors (Lipinski definition) is 0. The van der Waals surface area contributed by atoms with Crippen molar-refractivity contribution in [1.29, 1.82) is 0 Å². The van der Waals surface area contributed by atoms with Gasteiger partial charge >= 0.3 is 0 Å². The molecule has 134 valence electrons. The number of non-ortho nitro benzene ring substituents is 1. The van der Waals surface area contributed by atoms with Gasteiger partial charge in [-0.1, -0.05) is 0 Å². The molecule has 0 saturated heterocycles. The van der Waals surface area contributed by atoms with Crippen LogP contribution in [0.2, 0.25) is 0 Å². The number of hydrogen-bond acceptors (Lipinski definition) is 7. The Kier molecular flexibility index (Phi) is 5.63. The van der Waals surface area contributed by atoms with E-state index in [9.17, 15) is 25.0 Å². The maximum atomic E-state index is 12.2. The molecule has 0 atom stereocenters. The highest BCUT2D eigenvalue weighted by Gasteiger charge is 2.18. The van der Waals surface area contributed by atoms with Crippen molar-refractivity contribution < 1.29 is 24.1 Å². The average Bonchev–Trinajstić information content (AvgIpc) is 2.65. The van der Waals surface area contributed by atoms with Gasteiger partial charge in [-0.25, -0.2) is 0 Å². The fourth-order valence-electron chi connectivity index (χ4n) is 2.18. The molecule has 2 rings (SSSR count). The smallest absolute Gasteiger partial charge is 0.280 e. The molecule has 0 spiro atoms. The molecule has 0 amide bonds. The first kappa shape index (κ1) is 18.6. The number of carbonyl (C=O) groups is 1. The Morgan fingerprint density at radius 2 is 1.54 bits per heavy atom. The van der Waals surface area contributed by atoms with E-state index in [1.807, 2.05) is 0 Å². The van der Waals surface area contributed by atoms with Crippen molar-refractivity contribution in [2.24, 2.45) is 0 Å². The summed E-state index contributed by atoms with van der Waals surface area (Å²) in [4.78, 5) is 32.9. The minimum atomic E-state index is -0.599. The zero-order valence-corrected chi connectivity index (χ0v) is 13.9. The van der Waals surface area contributed by atoms with Crippen LogP contribution in [0.5, 0.6) is 11.5 Å². The summed E-state index contributed by atoms with van der Waals surface area (Å²) in [6, 6.07) is 7.63. The fourth-order valence-corrected chi connectivity index (χ4v) is 2.18. The summed E-state index contributed by atoms with van der Waals surface area (Å²) in [7, 11) is 2.74. The van der Waals surface area contributed by atoms with Crippen LogP contribution in [0.4, 0.5) is 11.4 Å². The van der Waals surface area contributed by atoms with E-state index >= 15 is 0 Å². The molecule has 0 aliphatic heterocycles. The summed E-state index contributed by atoms with van der Waals surface area (Å²) in [6.45, 7) is 0. The van der Waals surface area contributed by atoms with Crippen LogP contribution in [0.25, 0.3) is 6.08 Å². The number of benzene rings is 2. The van der Waals surface area contributed by atoms with Gasteiger partial charge < -0.3 is 9.47 Å². The van der Waals surface area contributed by atoms with E-state index in [4.69, 9.17) is 9.47 Å². The number of nitrogens with zero attached hydrogens (tertiary/aromatic N) is 2. The number of rotatable bonds is 7. The summed E-state index contributed by atoms with van der Waals surface area (Å²) < 4.78 is 10.1. The molecule has 2 aromatic rings. The third-order valence-corrected chi connectivity index (χ3v) is 3.51. The van der Waals surface area contributed by atoms with Crippen molar-refractivity contribution >= 4 is 23.2 Å². The van der Waals surface area contributed by atoms with Crippen molar-refractivity contribution in [2.75, 3.05) is 14.2 Å². The summed E-state index contributed by atoms with van der Waals surface area (Å²) in [5, 5.41) is 21.9. The van der Waals surface area contributed by atoms with Crippen LogP contribution >= 0.6 is 0 Å². The highest BCUT2D eigenvalue weighted by atomic mass is 16.6. The topological polar surface area (TPSA) is 122 Å². The van der Waals surface area contributed by atoms with Crippen LogP contribution in [0.3, 0.4) is 0 Å². The zero-order valence-electron chi connectivity index (χ0n) is 13.9. The number of ether oxygens (including phenoxy) is 2. The van der Waals surface area contributed by atoms with Gasteiger partial charge in [0.05, 0.1) is 35.7 Å². The normalized spacial score (nSPS) is 10.5. The lowest BCUT2D eigenvalue weighted by Gasteiger charge is -2.08. The van der Waals surface area contributed by atoms with E-state index in [-0.39, 0.29) is 34.0 Å². The maximum absolute atomic E-state index is 12.2. The van der Waals surface area contributed by atoms with E-state index in [0.717, 1.165) is 6.08 Å². The fraction of sp³-hybridized carbons (Fsp3) is 0.118. The number of nitro benzene ring substituents is 2. The molecule has 0 aromatic heterocycles. The average molecular weight is 358 g/mol. The van der Waals surface area contributed by atoms with Gasteiger partial charge in [0, 0.05) is 17.7 Å². The number of allylic oxidation sites excluding steroid dienone is 1. The Hall–Kier alpha value is -3.75. The monoisotopic (exact) mass is 358 g/mol. The number of ketones is 1. The lowest BCUT2D eigenvalue weighted by molar-refractivity contribution is -0.385. The van der Waals surface area contributed by atoms with Gasteiger partial charge in [0.2, 0.25) is 0 Å². The summed E-state index contributed by atoms with van der Waals surface area (Å²) in [6.07, 6.45) is 2.43. The predicted molar refractivity (Wildman–Crippen MR) is 92.7 cm³/mol. The quantitative estimate of drug-likeness (QED) is 0.322. The SMILES string of the molecule is COc1cc(/C=C/C(=O)c2ccc([N+](=O)[O-])cc2)c([N+](=O)[O-])cc1OC. The van der Waals surface area contributed by atoms with Crippen molar-refractivity contribution in [3.8, 4) is 11.5 Å². The summed E-state index contributed by atoms with van der Waals surface area (Å²) >= 11 is 0. The van der Waals surface area contributed by atoms with Gasteiger partial charge in [0.25, 0.3) is 11.4 Å². The molecule has 0 radical (unpaired) electrons. The first-order chi connectivity index (χ1) is 12.4. The number of carbonyl (C=O) groups excluding carboxylic acids is 1. The second-order valence-electron chi connectivity index (χ2n) is 5.02. The minimum absolute atomic E-state index is 0.138. The molecule has 0 unspecified atom stereocenters. The zero-order chi connectivity index (χ0) is 19.3. The van der Waals surface area contributed by atoms with Gasteiger partial charge in [-0.3, -0.25) is 25.0 Å². The first-order valence-corrected chi connectivity index (χ1v) is 7.24. The Bertz CT molecular complexity index is 889. The predicted octanol–water partition coefficient (Wildman–Crippen LogP) is 3.42. The second kappa shape index (κ2) is 7.88. The van der Waals surface area contributed by atoms with E-state index in [2.05, 4.69) is 0 Å². The lowest BCUT2D eigenvalue weighted by Crippen LogP contribution is -1.98. The molecule has 9 heteroatoms. The van der Waals surface area contributed by atoms with E-state index < -0.39 is 15.6 Å². The van der Waals surface area contributed by atoms with Crippen molar-refractivity contribution in [2.45, 2.75) is 0 Å². The van der Waals surface area contributed by atoms with Gasteiger partial charge in [-0.05, 0) is 30.4 Å². The van der Waals surface area contributed by atoms with Crippen LogP contribution in [0.15, 0.2) is 42.5 Å². The molecule has 0 N–H and O–H groups in total. The van der Waals surface area contributed by atoms with Crippen LogP contribution in [0, 0.1) is 20.2 Å². The van der Waals surface area contributed by atoms with Crippen LogP contribution in [-0.2, 0) is 0 Å². The number of nitro groups is 2. The molecule has 0 aliphatic carbocycles. The van der Waals surface area contributed by atoms with Crippen LogP contribution in [-0.4, -0.2) is 29.8 Å². The molecule has 0 bridgehead atoms. The Morgan fingerprint density at radius 3 is 2.04 bits per heavy atom. The highest BCUT2D eigenvalue weighted by Crippen LogP contribution is 2.35.